The fraction of sp³-hybridized carbons (Fsp3) is 0.375. The van der Waals surface area contributed by atoms with E-state index in [-0.39, 0.29) is 0 Å². The minimum atomic E-state index is 0.387. The van der Waals surface area contributed by atoms with Crippen molar-refractivity contribution in [3.8, 4) is 11.1 Å². The van der Waals surface area contributed by atoms with Crippen LogP contribution in [0.15, 0.2) is 59.3 Å². The summed E-state index contributed by atoms with van der Waals surface area (Å²) in [6.07, 6.45) is 8.82. The van der Waals surface area contributed by atoms with Crippen molar-refractivity contribution in [3.05, 3.63) is 77.5 Å². The van der Waals surface area contributed by atoms with Crippen molar-refractivity contribution in [2.45, 2.75) is 44.6 Å². The van der Waals surface area contributed by atoms with Crippen LogP contribution in [0.2, 0.25) is 0 Å². The van der Waals surface area contributed by atoms with Gasteiger partial charge in [-0.25, -0.2) is 0 Å². The molecule has 2 aromatic heterocycles. The second kappa shape index (κ2) is 6.65. The van der Waals surface area contributed by atoms with Gasteiger partial charge >= 0.3 is 0 Å². The van der Waals surface area contributed by atoms with Gasteiger partial charge in [0.25, 0.3) is 0 Å². The Bertz CT molecular complexity index is 936. The Kier molecular flexibility index (Phi) is 4.13. The third-order valence-corrected chi connectivity index (χ3v) is 6.53. The molecule has 3 heterocycles. The number of rotatable bonds is 3. The number of aromatic nitrogens is 1. The summed E-state index contributed by atoms with van der Waals surface area (Å²) in [6, 6.07) is 15.4. The van der Waals surface area contributed by atoms with Gasteiger partial charge in [-0.1, -0.05) is 24.3 Å². The summed E-state index contributed by atoms with van der Waals surface area (Å²) in [5.41, 5.74) is 6.04. The van der Waals surface area contributed by atoms with Crippen LogP contribution in [0.4, 0.5) is 0 Å². The Morgan fingerprint density at radius 2 is 1.93 bits per heavy atom. The number of pyridine rings is 1. The lowest BCUT2D eigenvalue weighted by molar-refractivity contribution is 0.143. The lowest BCUT2D eigenvalue weighted by atomic mass is 9.73. The SMILES string of the molecule is Cc1ccc(CN2CCC3(CCc4cc(-c5cccnc5)ccc43)CC2)o1. The summed E-state index contributed by atoms with van der Waals surface area (Å²) >= 11 is 0. The highest BCUT2D eigenvalue weighted by atomic mass is 16.3. The molecule has 138 valence electrons. The Morgan fingerprint density at radius 3 is 2.67 bits per heavy atom. The first-order chi connectivity index (χ1) is 13.2. The summed E-state index contributed by atoms with van der Waals surface area (Å²) < 4.78 is 5.77. The predicted molar refractivity (Wildman–Crippen MR) is 108 cm³/mol. The van der Waals surface area contributed by atoms with Crippen molar-refractivity contribution in [2.24, 2.45) is 0 Å². The number of hydrogen-bond donors (Lipinski definition) is 0. The lowest BCUT2D eigenvalue weighted by Gasteiger charge is -2.40. The van der Waals surface area contributed by atoms with Gasteiger partial charge in [0.15, 0.2) is 0 Å². The van der Waals surface area contributed by atoms with Gasteiger partial charge in [0.1, 0.15) is 11.5 Å². The summed E-state index contributed by atoms with van der Waals surface area (Å²) in [7, 11) is 0. The smallest absolute Gasteiger partial charge is 0.118 e. The quantitative estimate of drug-likeness (QED) is 0.650. The van der Waals surface area contributed by atoms with Gasteiger partial charge in [-0.05, 0) is 91.6 Å². The maximum absolute atomic E-state index is 5.77. The van der Waals surface area contributed by atoms with Gasteiger partial charge in [-0.15, -0.1) is 0 Å². The second-order valence-electron chi connectivity index (χ2n) is 8.18. The molecule has 3 nitrogen and oxygen atoms in total. The summed E-state index contributed by atoms with van der Waals surface area (Å²) in [5, 5.41) is 0. The average molecular weight is 358 g/mol. The Morgan fingerprint density at radius 1 is 1.04 bits per heavy atom. The number of likely N-dealkylation sites (tertiary alicyclic amines) is 1. The van der Waals surface area contributed by atoms with Crippen molar-refractivity contribution in [2.75, 3.05) is 13.1 Å². The molecule has 0 atom stereocenters. The molecule has 0 saturated carbocycles. The lowest BCUT2D eigenvalue weighted by Crippen LogP contribution is -2.41. The number of benzene rings is 1. The van der Waals surface area contributed by atoms with Crippen molar-refractivity contribution < 1.29 is 4.42 Å². The fourth-order valence-corrected chi connectivity index (χ4v) is 4.99. The molecule has 27 heavy (non-hydrogen) atoms. The zero-order valence-corrected chi connectivity index (χ0v) is 15.9. The predicted octanol–water partition coefficient (Wildman–Crippen LogP) is 5.13. The number of piperidine rings is 1. The molecule has 1 spiro atoms. The average Bonchev–Trinajstić information content (AvgIpc) is 3.28. The Hall–Kier alpha value is -2.39. The highest BCUT2D eigenvalue weighted by Crippen LogP contribution is 2.47. The number of aryl methyl sites for hydroxylation is 2. The number of furan rings is 1. The highest BCUT2D eigenvalue weighted by Gasteiger charge is 2.41. The largest absolute Gasteiger partial charge is 0.465 e. The van der Waals surface area contributed by atoms with Crippen molar-refractivity contribution in [3.63, 3.8) is 0 Å². The first-order valence-corrected chi connectivity index (χ1v) is 10.0. The molecule has 3 heteroatoms. The molecule has 1 fully saturated rings. The Labute approximate surface area is 161 Å². The molecule has 1 saturated heterocycles. The zero-order valence-electron chi connectivity index (χ0n) is 15.9. The van der Waals surface area contributed by atoms with Gasteiger partial charge in [-0.2, -0.15) is 0 Å². The van der Waals surface area contributed by atoms with Gasteiger partial charge in [0.2, 0.25) is 0 Å². The molecule has 0 N–H and O–H groups in total. The molecular weight excluding hydrogens is 332 g/mol. The van der Waals surface area contributed by atoms with E-state index in [4.69, 9.17) is 4.42 Å². The molecule has 1 aromatic carbocycles. The molecule has 2 aliphatic rings. The molecule has 0 radical (unpaired) electrons. The maximum atomic E-state index is 5.77. The van der Waals surface area contributed by atoms with E-state index in [0.29, 0.717) is 5.41 Å². The van der Waals surface area contributed by atoms with Crippen LogP contribution in [0.1, 0.15) is 41.9 Å². The number of hydrogen-bond acceptors (Lipinski definition) is 3. The third kappa shape index (κ3) is 3.10. The van der Waals surface area contributed by atoms with E-state index in [1.807, 2.05) is 25.4 Å². The van der Waals surface area contributed by atoms with Crippen LogP contribution in [-0.2, 0) is 18.4 Å². The van der Waals surface area contributed by atoms with E-state index in [1.165, 1.54) is 36.8 Å². The van der Waals surface area contributed by atoms with Crippen molar-refractivity contribution >= 4 is 0 Å². The highest BCUT2D eigenvalue weighted by molar-refractivity contribution is 5.65. The topological polar surface area (TPSA) is 29.3 Å². The van der Waals surface area contributed by atoms with E-state index >= 15 is 0 Å². The van der Waals surface area contributed by atoms with Gasteiger partial charge < -0.3 is 4.42 Å². The van der Waals surface area contributed by atoms with E-state index in [1.54, 1.807) is 11.1 Å². The van der Waals surface area contributed by atoms with Gasteiger partial charge in [-0.3, -0.25) is 9.88 Å². The van der Waals surface area contributed by atoms with Crippen LogP contribution < -0.4 is 0 Å². The van der Waals surface area contributed by atoms with E-state index in [2.05, 4.69) is 46.3 Å². The van der Waals surface area contributed by atoms with Gasteiger partial charge in [0.05, 0.1) is 6.54 Å². The van der Waals surface area contributed by atoms with E-state index in [0.717, 1.165) is 31.2 Å². The minimum absolute atomic E-state index is 0.387. The molecular formula is C24H26N2O. The van der Waals surface area contributed by atoms with Crippen LogP contribution in [0.3, 0.4) is 0 Å². The first kappa shape index (κ1) is 16.8. The number of nitrogens with zero attached hydrogens (tertiary/aromatic N) is 2. The molecule has 1 aliphatic heterocycles. The zero-order chi connectivity index (χ0) is 18.3. The van der Waals surface area contributed by atoms with Crippen LogP contribution in [0.25, 0.3) is 11.1 Å². The Balaban J connectivity index is 1.32. The van der Waals surface area contributed by atoms with Crippen LogP contribution in [0.5, 0.6) is 0 Å². The number of fused-ring (bicyclic) bond motifs is 2. The molecule has 1 aliphatic carbocycles. The minimum Gasteiger partial charge on any atom is -0.465 e. The molecule has 0 bridgehead atoms. The summed E-state index contributed by atoms with van der Waals surface area (Å²) in [6.45, 7) is 5.27. The van der Waals surface area contributed by atoms with Crippen LogP contribution in [-0.4, -0.2) is 23.0 Å². The standard InChI is InChI=1S/C24H26N2O/c1-18-4-6-22(27-18)17-26-13-10-24(11-14-26)9-8-20-15-19(5-7-23(20)24)21-3-2-12-25-16-21/h2-7,12,15-16H,8-11,13-14,17H2,1H3. The van der Waals surface area contributed by atoms with Crippen LogP contribution in [0, 0.1) is 6.92 Å². The normalized spacial score (nSPS) is 18.7. The third-order valence-electron chi connectivity index (χ3n) is 6.53. The maximum Gasteiger partial charge on any atom is 0.118 e. The van der Waals surface area contributed by atoms with Crippen molar-refractivity contribution in [1.29, 1.82) is 0 Å². The second-order valence-corrected chi connectivity index (χ2v) is 8.18. The molecule has 3 aromatic rings. The molecule has 0 unspecified atom stereocenters. The monoisotopic (exact) mass is 358 g/mol. The first-order valence-electron chi connectivity index (χ1n) is 10.0. The fourth-order valence-electron chi connectivity index (χ4n) is 4.99. The molecule has 5 rings (SSSR count). The summed E-state index contributed by atoms with van der Waals surface area (Å²) in [5.74, 6) is 2.10. The van der Waals surface area contributed by atoms with Gasteiger partial charge in [0, 0.05) is 12.4 Å². The van der Waals surface area contributed by atoms with Crippen molar-refractivity contribution in [1.82, 2.24) is 9.88 Å². The summed E-state index contributed by atoms with van der Waals surface area (Å²) in [4.78, 5) is 6.82. The van der Waals surface area contributed by atoms with Crippen LogP contribution >= 0.6 is 0 Å². The van der Waals surface area contributed by atoms with E-state index in [9.17, 15) is 0 Å². The molecule has 0 amide bonds. The van der Waals surface area contributed by atoms with E-state index < -0.39 is 0 Å².